The normalized spacial score (nSPS) is 22.2. The molecule has 2 rings (SSSR count). The number of ether oxygens (including phenoxy) is 2. The quantitative estimate of drug-likeness (QED) is 0.912. The number of aliphatic hydroxyl groups excluding tert-OH is 1. The van der Waals surface area contributed by atoms with Gasteiger partial charge in [0.2, 0.25) is 0 Å². The molecule has 1 unspecified atom stereocenters. The van der Waals surface area contributed by atoms with E-state index in [1.54, 1.807) is 14.2 Å². The van der Waals surface area contributed by atoms with Gasteiger partial charge in [-0.15, -0.1) is 0 Å². The van der Waals surface area contributed by atoms with Crippen LogP contribution in [0.3, 0.4) is 0 Å². The van der Waals surface area contributed by atoms with E-state index in [4.69, 9.17) is 9.47 Å². The SMILES string of the molecule is COc1ccc(C(O)C2(OC)CCC(C)(C)CC2)cc1. The van der Waals surface area contributed by atoms with E-state index in [0.29, 0.717) is 5.41 Å². The molecule has 0 bridgehead atoms. The van der Waals surface area contributed by atoms with Gasteiger partial charge in [0, 0.05) is 7.11 Å². The van der Waals surface area contributed by atoms with Crippen LogP contribution >= 0.6 is 0 Å². The second-order valence-corrected chi connectivity index (χ2v) is 6.61. The molecule has 3 nitrogen and oxygen atoms in total. The maximum Gasteiger partial charge on any atom is 0.118 e. The molecule has 1 aliphatic rings. The number of rotatable bonds is 4. The molecule has 0 heterocycles. The minimum atomic E-state index is -0.588. The van der Waals surface area contributed by atoms with Crippen LogP contribution in [0.25, 0.3) is 0 Å². The van der Waals surface area contributed by atoms with Crippen molar-refractivity contribution >= 4 is 0 Å². The molecular weight excluding hydrogens is 252 g/mol. The van der Waals surface area contributed by atoms with E-state index in [2.05, 4.69) is 13.8 Å². The van der Waals surface area contributed by atoms with E-state index < -0.39 is 11.7 Å². The van der Waals surface area contributed by atoms with Gasteiger partial charge in [-0.2, -0.15) is 0 Å². The molecule has 1 aromatic carbocycles. The van der Waals surface area contributed by atoms with Crippen LogP contribution in [-0.2, 0) is 4.74 Å². The van der Waals surface area contributed by atoms with Crippen molar-refractivity contribution in [3.63, 3.8) is 0 Å². The minimum absolute atomic E-state index is 0.349. The Bertz CT molecular complexity index is 426. The molecule has 20 heavy (non-hydrogen) atoms. The van der Waals surface area contributed by atoms with Crippen LogP contribution in [0.5, 0.6) is 5.75 Å². The minimum Gasteiger partial charge on any atom is -0.497 e. The molecule has 1 fully saturated rings. The Morgan fingerprint density at radius 1 is 1.00 bits per heavy atom. The summed E-state index contributed by atoms with van der Waals surface area (Å²) in [5.41, 5.74) is 0.790. The van der Waals surface area contributed by atoms with E-state index in [1.807, 2.05) is 24.3 Å². The summed E-state index contributed by atoms with van der Waals surface area (Å²) in [6, 6.07) is 7.61. The lowest BCUT2D eigenvalue weighted by atomic mass is 9.68. The number of hydrogen-bond acceptors (Lipinski definition) is 3. The molecule has 0 radical (unpaired) electrons. The van der Waals surface area contributed by atoms with E-state index >= 15 is 0 Å². The fraction of sp³-hybridized carbons (Fsp3) is 0.647. The summed E-state index contributed by atoms with van der Waals surface area (Å²) in [5, 5.41) is 10.8. The lowest BCUT2D eigenvalue weighted by Gasteiger charge is -2.45. The zero-order chi connectivity index (χ0) is 14.8. The summed E-state index contributed by atoms with van der Waals surface area (Å²) in [4.78, 5) is 0. The van der Waals surface area contributed by atoms with Crippen LogP contribution in [0.15, 0.2) is 24.3 Å². The predicted molar refractivity (Wildman–Crippen MR) is 79.9 cm³/mol. The first-order chi connectivity index (χ1) is 9.42. The molecule has 0 spiro atoms. The van der Waals surface area contributed by atoms with Crippen molar-refractivity contribution in [1.29, 1.82) is 0 Å². The van der Waals surface area contributed by atoms with Crippen molar-refractivity contribution in [2.24, 2.45) is 5.41 Å². The number of hydrogen-bond donors (Lipinski definition) is 1. The van der Waals surface area contributed by atoms with Crippen LogP contribution in [0.2, 0.25) is 0 Å². The van der Waals surface area contributed by atoms with Crippen molar-refractivity contribution < 1.29 is 14.6 Å². The van der Waals surface area contributed by atoms with Crippen molar-refractivity contribution in [3.8, 4) is 5.75 Å². The molecule has 1 aliphatic carbocycles. The Balaban J connectivity index is 2.18. The third kappa shape index (κ3) is 2.99. The summed E-state index contributed by atoms with van der Waals surface area (Å²) in [7, 11) is 3.36. The number of benzene rings is 1. The highest BCUT2D eigenvalue weighted by atomic mass is 16.5. The van der Waals surface area contributed by atoms with Gasteiger partial charge < -0.3 is 14.6 Å². The number of methoxy groups -OCH3 is 2. The second-order valence-electron chi connectivity index (χ2n) is 6.61. The number of aliphatic hydroxyl groups is 1. The summed E-state index contributed by atoms with van der Waals surface area (Å²) >= 11 is 0. The monoisotopic (exact) mass is 278 g/mol. The van der Waals surface area contributed by atoms with E-state index in [9.17, 15) is 5.11 Å². The van der Waals surface area contributed by atoms with Gasteiger partial charge in [-0.1, -0.05) is 26.0 Å². The standard InChI is InChI=1S/C17H26O3/c1-16(2)9-11-17(20-4,12-10-16)15(18)13-5-7-14(19-3)8-6-13/h5-8,15,18H,9-12H2,1-4H3. The van der Waals surface area contributed by atoms with Crippen LogP contribution in [-0.4, -0.2) is 24.9 Å². The fourth-order valence-corrected chi connectivity index (χ4v) is 3.03. The van der Waals surface area contributed by atoms with Gasteiger partial charge in [-0.25, -0.2) is 0 Å². The Morgan fingerprint density at radius 3 is 2.00 bits per heavy atom. The Morgan fingerprint density at radius 2 is 1.55 bits per heavy atom. The van der Waals surface area contributed by atoms with E-state index in [1.165, 1.54) is 0 Å². The van der Waals surface area contributed by atoms with Crippen molar-refractivity contribution in [1.82, 2.24) is 0 Å². The lowest BCUT2D eigenvalue weighted by molar-refractivity contribution is -0.138. The second kappa shape index (κ2) is 5.74. The van der Waals surface area contributed by atoms with Gasteiger partial charge in [0.1, 0.15) is 11.9 Å². The molecule has 0 aliphatic heterocycles. The first kappa shape index (κ1) is 15.3. The molecule has 0 saturated heterocycles. The van der Waals surface area contributed by atoms with Gasteiger partial charge in [0.25, 0.3) is 0 Å². The molecule has 0 amide bonds. The van der Waals surface area contributed by atoms with Crippen LogP contribution < -0.4 is 4.74 Å². The molecule has 0 aromatic heterocycles. The molecule has 1 atom stereocenters. The Labute approximate surface area is 121 Å². The summed E-state index contributed by atoms with van der Waals surface area (Å²) in [6.45, 7) is 4.57. The van der Waals surface area contributed by atoms with Crippen LogP contribution in [0.1, 0.15) is 51.2 Å². The topological polar surface area (TPSA) is 38.7 Å². The maximum absolute atomic E-state index is 10.8. The van der Waals surface area contributed by atoms with Gasteiger partial charge in [-0.05, 0) is 48.8 Å². The van der Waals surface area contributed by atoms with Crippen LogP contribution in [0.4, 0.5) is 0 Å². The van der Waals surface area contributed by atoms with E-state index in [-0.39, 0.29) is 0 Å². The third-order valence-corrected chi connectivity index (χ3v) is 4.79. The zero-order valence-corrected chi connectivity index (χ0v) is 13.0. The highest BCUT2D eigenvalue weighted by Crippen LogP contribution is 2.47. The smallest absolute Gasteiger partial charge is 0.118 e. The first-order valence-electron chi connectivity index (χ1n) is 7.30. The molecule has 1 saturated carbocycles. The zero-order valence-electron chi connectivity index (χ0n) is 13.0. The van der Waals surface area contributed by atoms with Gasteiger partial charge >= 0.3 is 0 Å². The van der Waals surface area contributed by atoms with Gasteiger partial charge in [0.05, 0.1) is 12.7 Å². The predicted octanol–water partition coefficient (Wildman–Crippen LogP) is 3.71. The Kier molecular flexibility index (Phi) is 4.40. The summed E-state index contributed by atoms with van der Waals surface area (Å²) in [6.07, 6.45) is 3.35. The Hall–Kier alpha value is -1.06. The van der Waals surface area contributed by atoms with Gasteiger partial charge in [-0.3, -0.25) is 0 Å². The first-order valence-corrected chi connectivity index (χ1v) is 7.30. The fourth-order valence-electron chi connectivity index (χ4n) is 3.03. The van der Waals surface area contributed by atoms with Crippen LogP contribution in [0, 0.1) is 5.41 Å². The molecular formula is C17H26O3. The van der Waals surface area contributed by atoms with Crippen molar-refractivity contribution in [2.45, 2.75) is 51.2 Å². The summed E-state index contributed by atoms with van der Waals surface area (Å²) < 4.78 is 10.9. The molecule has 3 heteroatoms. The summed E-state index contributed by atoms with van der Waals surface area (Å²) in [5.74, 6) is 0.803. The highest BCUT2D eigenvalue weighted by molar-refractivity contribution is 5.30. The lowest BCUT2D eigenvalue weighted by Crippen LogP contribution is -2.43. The van der Waals surface area contributed by atoms with Crippen molar-refractivity contribution in [3.05, 3.63) is 29.8 Å². The average molecular weight is 278 g/mol. The van der Waals surface area contributed by atoms with Crippen molar-refractivity contribution in [2.75, 3.05) is 14.2 Å². The van der Waals surface area contributed by atoms with E-state index in [0.717, 1.165) is 37.0 Å². The molecule has 1 N–H and O–H groups in total. The third-order valence-electron chi connectivity index (χ3n) is 4.79. The molecule has 112 valence electrons. The average Bonchev–Trinajstić information content (AvgIpc) is 2.47. The largest absolute Gasteiger partial charge is 0.497 e. The highest BCUT2D eigenvalue weighted by Gasteiger charge is 2.44. The maximum atomic E-state index is 10.8. The van der Waals surface area contributed by atoms with Gasteiger partial charge in [0.15, 0.2) is 0 Å². The molecule has 1 aromatic rings.